The average Bonchev–Trinajstić information content (AvgIpc) is 3.18. The van der Waals surface area contributed by atoms with Crippen LogP contribution in [0.4, 0.5) is 0 Å². The van der Waals surface area contributed by atoms with Gasteiger partial charge in [0.05, 0.1) is 6.04 Å². The van der Waals surface area contributed by atoms with Gasteiger partial charge >= 0.3 is 0 Å². The van der Waals surface area contributed by atoms with Gasteiger partial charge < -0.3 is 20.1 Å². The fourth-order valence-electron chi connectivity index (χ4n) is 2.26. The monoisotopic (exact) mass is 447 g/mol. The number of likely N-dealkylation sites (N-methyl/N-ethyl adjacent to an activating group) is 1. The van der Waals surface area contributed by atoms with Gasteiger partial charge in [-0.2, -0.15) is 0 Å². The number of aliphatic imine (C=N–C) groups is 1. The first-order chi connectivity index (χ1) is 10.7. The lowest BCUT2D eigenvalue weighted by molar-refractivity contribution is 0.302. The first-order valence-electron chi connectivity index (χ1n) is 7.46. The van der Waals surface area contributed by atoms with E-state index in [-0.39, 0.29) is 24.0 Å². The Balaban J connectivity index is 0.00000264. The number of nitrogens with zero attached hydrogens (tertiary/aromatic N) is 3. The number of nitrogens with one attached hydrogen (secondary N) is 2. The van der Waals surface area contributed by atoms with Crippen LogP contribution in [-0.2, 0) is 6.54 Å². The summed E-state index contributed by atoms with van der Waals surface area (Å²) in [7, 11) is 6.02. The second-order valence-electron chi connectivity index (χ2n) is 5.30. The summed E-state index contributed by atoms with van der Waals surface area (Å²) in [5.74, 6) is 0.843. The molecule has 128 valence electrons. The maximum atomic E-state index is 4.29. The highest BCUT2D eigenvalue weighted by atomic mass is 127. The Labute approximate surface area is 159 Å². The van der Waals surface area contributed by atoms with Crippen molar-refractivity contribution in [2.75, 3.05) is 34.2 Å². The van der Waals surface area contributed by atoms with Gasteiger partial charge in [-0.25, -0.2) is 0 Å². The Hall–Kier alpha value is -1.06. The third-order valence-corrected chi connectivity index (χ3v) is 4.48. The molecule has 0 aliphatic carbocycles. The van der Waals surface area contributed by atoms with E-state index in [9.17, 15) is 0 Å². The summed E-state index contributed by atoms with van der Waals surface area (Å²) in [4.78, 5) is 7.88. The SMILES string of the molecule is CN=C(NCCn1cccc1)NCC(c1cccs1)N(C)C.I. The molecule has 23 heavy (non-hydrogen) atoms. The van der Waals surface area contributed by atoms with Crippen LogP contribution in [0, 0.1) is 0 Å². The normalized spacial score (nSPS) is 12.8. The van der Waals surface area contributed by atoms with Crippen molar-refractivity contribution in [2.24, 2.45) is 4.99 Å². The lowest BCUT2D eigenvalue weighted by Crippen LogP contribution is -2.42. The lowest BCUT2D eigenvalue weighted by Gasteiger charge is -2.24. The van der Waals surface area contributed by atoms with Crippen LogP contribution in [0.25, 0.3) is 0 Å². The molecule has 1 atom stereocenters. The highest BCUT2D eigenvalue weighted by molar-refractivity contribution is 14.0. The van der Waals surface area contributed by atoms with Gasteiger partial charge in [-0.05, 0) is 37.7 Å². The van der Waals surface area contributed by atoms with Crippen molar-refractivity contribution in [3.8, 4) is 0 Å². The number of thiophene rings is 1. The van der Waals surface area contributed by atoms with E-state index in [4.69, 9.17) is 0 Å². The second kappa shape index (κ2) is 10.7. The predicted octanol–water partition coefficient (Wildman–Crippen LogP) is 2.64. The van der Waals surface area contributed by atoms with Crippen LogP contribution in [0.1, 0.15) is 10.9 Å². The molecule has 0 saturated carbocycles. The fourth-order valence-corrected chi connectivity index (χ4v) is 3.18. The average molecular weight is 447 g/mol. The molecule has 0 aromatic carbocycles. The van der Waals surface area contributed by atoms with Gasteiger partial charge in [0.15, 0.2) is 5.96 Å². The molecule has 0 amide bonds. The van der Waals surface area contributed by atoms with Crippen LogP contribution in [0.3, 0.4) is 0 Å². The smallest absolute Gasteiger partial charge is 0.191 e. The van der Waals surface area contributed by atoms with E-state index < -0.39 is 0 Å². The molecule has 1 unspecified atom stereocenters. The summed E-state index contributed by atoms with van der Waals surface area (Å²) in [6.07, 6.45) is 4.13. The van der Waals surface area contributed by atoms with Crippen LogP contribution in [0.5, 0.6) is 0 Å². The predicted molar refractivity (Wildman–Crippen MR) is 110 cm³/mol. The molecule has 7 heteroatoms. The Morgan fingerprint density at radius 1 is 1.26 bits per heavy atom. The zero-order valence-electron chi connectivity index (χ0n) is 13.9. The minimum Gasteiger partial charge on any atom is -0.355 e. The van der Waals surface area contributed by atoms with E-state index in [1.807, 2.05) is 12.1 Å². The van der Waals surface area contributed by atoms with Crippen molar-refractivity contribution in [1.82, 2.24) is 20.1 Å². The van der Waals surface area contributed by atoms with Gasteiger partial charge in [-0.3, -0.25) is 4.99 Å². The lowest BCUT2D eigenvalue weighted by atomic mass is 10.2. The van der Waals surface area contributed by atoms with Crippen LogP contribution in [-0.4, -0.2) is 49.7 Å². The van der Waals surface area contributed by atoms with Gasteiger partial charge in [-0.15, -0.1) is 35.3 Å². The molecule has 0 spiro atoms. The van der Waals surface area contributed by atoms with Crippen molar-refractivity contribution >= 4 is 41.3 Å². The maximum Gasteiger partial charge on any atom is 0.191 e. The summed E-state index contributed by atoms with van der Waals surface area (Å²) in [5.41, 5.74) is 0. The Kier molecular flexibility index (Phi) is 9.27. The number of halogens is 1. The van der Waals surface area contributed by atoms with Crippen LogP contribution in [0.15, 0.2) is 47.0 Å². The molecule has 5 nitrogen and oxygen atoms in total. The second-order valence-corrected chi connectivity index (χ2v) is 6.27. The molecule has 2 aromatic heterocycles. The van der Waals surface area contributed by atoms with Gasteiger partial charge in [-0.1, -0.05) is 6.07 Å². The minimum atomic E-state index is 0. The van der Waals surface area contributed by atoms with E-state index >= 15 is 0 Å². The van der Waals surface area contributed by atoms with Crippen molar-refractivity contribution in [3.63, 3.8) is 0 Å². The molecule has 0 aliphatic rings. The summed E-state index contributed by atoms with van der Waals surface area (Å²) in [6.45, 7) is 2.60. The molecule has 0 fully saturated rings. The summed E-state index contributed by atoms with van der Waals surface area (Å²) < 4.78 is 2.15. The topological polar surface area (TPSA) is 44.6 Å². The van der Waals surface area contributed by atoms with Crippen LogP contribution in [0.2, 0.25) is 0 Å². The Bertz CT molecular complexity index is 551. The van der Waals surface area contributed by atoms with Crippen LogP contribution < -0.4 is 10.6 Å². The van der Waals surface area contributed by atoms with E-state index in [0.717, 1.165) is 25.6 Å². The Morgan fingerprint density at radius 3 is 2.57 bits per heavy atom. The molecule has 0 saturated heterocycles. The molecular formula is C16H26IN5S. The number of rotatable bonds is 7. The molecule has 0 aliphatic heterocycles. The molecule has 2 aromatic rings. The van der Waals surface area contributed by atoms with Crippen molar-refractivity contribution in [2.45, 2.75) is 12.6 Å². The first kappa shape index (κ1) is 20.0. The number of hydrogen-bond acceptors (Lipinski definition) is 3. The van der Waals surface area contributed by atoms with E-state index in [1.165, 1.54) is 4.88 Å². The number of hydrogen-bond donors (Lipinski definition) is 2. The van der Waals surface area contributed by atoms with Gasteiger partial charge in [0.1, 0.15) is 0 Å². The molecule has 2 heterocycles. The summed E-state index contributed by atoms with van der Waals surface area (Å²) in [6, 6.07) is 8.70. The molecular weight excluding hydrogens is 421 g/mol. The van der Waals surface area contributed by atoms with E-state index in [2.05, 4.69) is 69.1 Å². The molecule has 0 bridgehead atoms. The summed E-state index contributed by atoms with van der Waals surface area (Å²) in [5, 5.41) is 8.89. The van der Waals surface area contributed by atoms with Gasteiger partial charge in [0.2, 0.25) is 0 Å². The highest BCUT2D eigenvalue weighted by Crippen LogP contribution is 2.22. The third kappa shape index (κ3) is 6.52. The standard InChI is InChI=1S/C16H25N5S.HI/c1-17-16(18-8-11-21-9-4-5-10-21)19-13-14(20(2)3)15-7-6-12-22-15;/h4-7,9-10,12,14H,8,11,13H2,1-3H3,(H2,17,18,19);1H. The van der Waals surface area contributed by atoms with E-state index in [1.54, 1.807) is 18.4 Å². The van der Waals surface area contributed by atoms with Crippen molar-refractivity contribution < 1.29 is 0 Å². The first-order valence-corrected chi connectivity index (χ1v) is 8.33. The number of aromatic nitrogens is 1. The number of guanidine groups is 1. The van der Waals surface area contributed by atoms with E-state index in [0.29, 0.717) is 6.04 Å². The zero-order chi connectivity index (χ0) is 15.8. The maximum absolute atomic E-state index is 4.29. The quantitative estimate of drug-likeness (QED) is 0.390. The largest absolute Gasteiger partial charge is 0.355 e. The van der Waals surface area contributed by atoms with Gasteiger partial charge in [0, 0.05) is 44.0 Å². The third-order valence-electron chi connectivity index (χ3n) is 3.51. The summed E-state index contributed by atoms with van der Waals surface area (Å²) >= 11 is 1.79. The van der Waals surface area contributed by atoms with Crippen molar-refractivity contribution in [1.29, 1.82) is 0 Å². The highest BCUT2D eigenvalue weighted by Gasteiger charge is 2.15. The zero-order valence-corrected chi connectivity index (χ0v) is 17.0. The van der Waals surface area contributed by atoms with Crippen molar-refractivity contribution in [3.05, 3.63) is 46.9 Å². The molecule has 0 radical (unpaired) electrons. The molecule has 2 rings (SSSR count). The van der Waals surface area contributed by atoms with Gasteiger partial charge in [0.25, 0.3) is 0 Å². The molecule has 2 N–H and O–H groups in total. The van der Waals surface area contributed by atoms with Crippen LogP contribution >= 0.6 is 35.3 Å². The fraction of sp³-hybridized carbons (Fsp3) is 0.438. The minimum absolute atomic E-state index is 0. The Morgan fingerprint density at radius 2 is 2.00 bits per heavy atom.